The molecule has 0 unspecified atom stereocenters. The molecular weight excluding hydrogens is 330 g/mol. The van der Waals surface area contributed by atoms with E-state index in [-0.39, 0.29) is 0 Å². The van der Waals surface area contributed by atoms with Gasteiger partial charge in [0.15, 0.2) is 11.5 Å². The van der Waals surface area contributed by atoms with E-state index in [1.165, 1.54) is 62.3 Å². The zero-order valence-electron chi connectivity index (χ0n) is 15.3. The third-order valence-corrected chi connectivity index (χ3v) is 5.96. The number of methoxy groups -OCH3 is 1. The molecule has 0 radical (unpaired) electrons. The largest absolute Gasteiger partial charge is 0.493 e. The first-order valence-corrected chi connectivity index (χ1v) is 10.6. The van der Waals surface area contributed by atoms with Gasteiger partial charge in [-0.15, -0.1) is 0 Å². The Balaban J connectivity index is 1.56. The Bertz CT molecular complexity index is 596. The van der Waals surface area contributed by atoms with Crippen LogP contribution in [-0.4, -0.2) is 43.2 Å². The second-order valence-electron chi connectivity index (χ2n) is 6.82. The lowest BCUT2D eigenvalue weighted by molar-refractivity contribution is 0.220. The summed E-state index contributed by atoms with van der Waals surface area (Å²) in [6, 6.07) is 6.28. The molecule has 0 saturated carbocycles. The molecular formula is C21H29NO2S. The van der Waals surface area contributed by atoms with Crippen LogP contribution in [0.4, 0.5) is 0 Å². The predicted octanol–water partition coefficient (Wildman–Crippen LogP) is 4.21. The van der Waals surface area contributed by atoms with Gasteiger partial charge in [-0.3, -0.25) is 4.90 Å². The van der Waals surface area contributed by atoms with Crippen LogP contribution in [0, 0.1) is 17.8 Å². The normalized spacial score (nSPS) is 19.1. The number of piperidine rings is 1. The van der Waals surface area contributed by atoms with Gasteiger partial charge in [0.05, 0.1) is 7.11 Å². The minimum atomic E-state index is 0.438. The Hall–Kier alpha value is -1.31. The number of rotatable bonds is 5. The van der Waals surface area contributed by atoms with Crippen LogP contribution in [0.5, 0.6) is 11.5 Å². The third-order valence-electron chi connectivity index (χ3n) is 4.91. The van der Waals surface area contributed by atoms with Crippen LogP contribution in [0.3, 0.4) is 0 Å². The van der Waals surface area contributed by atoms with Crippen molar-refractivity contribution in [2.45, 2.75) is 38.6 Å². The Morgan fingerprint density at radius 1 is 1.12 bits per heavy atom. The maximum absolute atomic E-state index is 5.93. The van der Waals surface area contributed by atoms with Crippen molar-refractivity contribution in [1.29, 1.82) is 0 Å². The molecule has 2 aliphatic heterocycles. The summed E-state index contributed by atoms with van der Waals surface area (Å²) in [6.45, 7) is 3.83. The number of hydrogen-bond donors (Lipinski definition) is 0. The van der Waals surface area contributed by atoms with Crippen LogP contribution in [0.1, 0.15) is 37.7 Å². The minimum absolute atomic E-state index is 0.438. The molecule has 1 aromatic rings. The molecule has 0 amide bonds. The van der Waals surface area contributed by atoms with Crippen LogP contribution < -0.4 is 9.47 Å². The standard InChI is InChI=1S/C21H29NO2S/c1-23-20-8-7-19(17-22-11-3-2-4-12-22)16-21(20)24-13-5-6-18-9-14-25-15-10-18/h7-8,16,18H,2-4,9-15,17H2,1H3. The van der Waals surface area contributed by atoms with E-state index < -0.39 is 0 Å². The van der Waals surface area contributed by atoms with Gasteiger partial charge in [-0.1, -0.05) is 24.3 Å². The molecule has 2 saturated heterocycles. The molecule has 0 N–H and O–H groups in total. The molecule has 2 aliphatic rings. The molecule has 136 valence electrons. The molecule has 0 spiro atoms. The summed E-state index contributed by atoms with van der Waals surface area (Å²) in [7, 11) is 1.69. The monoisotopic (exact) mass is 359 g/mol. The van der Waals surface area contributed by atoms with Crippen molar-refractivity contribution in [2.24, 2.45) is 5.92 Å². The number of nitrogens with zero attached hydrogens (tertiary/aromatic N) is 1. The highest BCUT2D eigenvalue weighted by Crippen LogP contribution is 2.29. The average molecular weight is 360 g/mol. The van der Waals surface area contributed by atoms with Gasteiger partial charge in [-0.2, -0.15) is 11.8 Å². The summed E-state index contributed by atoms with van der Waals surface area (Å²) in [5.41, 5.74) is 1.29. The van der Waals surface area contributed by atoms with Crippen molar-refractivity contribution in [2.75, 3.05) is 38.3 Å². The van der Waals surface area contributed by atoms with E-state index in [4.69, 9.17) is 9.47 Å². The van der Waals surface area contributed by atoms with Crippen molar-refractivity contribution in [1.82, 2.24) is 4.90 Å². The highest BCUT2D eigenvalue weighted by molar-refractivity contribution is 7.99. The van der Waals surface area contributed by atoms with E-state index >= 15 is 0 Å². The molecule has 4 heteroatoms. The van der Waals surface area contributed by atoms with Gasteiger partial charge in [0, 0.05) is 12.5 Å². The maximum atomic E-state index is 5.93. The Morgan fingerprint density at radius 3 is 2.68 bits per heavy atom. The van der Waals surface area contributed by atoms with Crippen LogP contribution in [0.15, 0.2) is 18.2 Å². The van der Waals surface area contributed by atoms with Gasteiger partial charge in [-0.05, 0) is 68.0 Å². The van der Waals surface area contributed by atoms with E-state index in [2.05, 4.69) is 28.9 Å². The highest BCUT2D eigenvalue weighted by atomic mass is 32.2. The molecule has 0 atom stereocenters. The van der Waals surface area contributed by atoms with Gasteiger partial charge in [0.25, 0.3) is 0 Å². The zero-order valence-corrected chi connectivity index (χ0v) is 16.1. The van der Waals surface area contributed by atoms with Crippen molar-refractivity contribution < 1.29 is 9.47 Å². The number of likely N-dealkylation sites (tertiary alicyclic amines) is 1. The van der Waals surface area contributed by atoms with E-state index in [0.717, 1.165) is 18.0 Å². The summed E-state index contributed by atoms with van der Waals surface area (Å²) in [4.78, 5) is 2.52. The summed E-state index contributed by atoms with van der Waals surface area (Å²) < 4.78 is 11.4. The molecule has 0 aliphatic carbocycles. The van der Waals surface area contributed by atoms with E-state index in [0.29, 0.717) is 12.5 Å². The summed E-state index contributed by atoms with van der Waals surface area (Å²) in [6.07, 6.45) is 6.42. The van der Waals surface area contributed by atoms with Crippen LogP contribution in [-0.2, 0) is 6.54 Å². The first-order valence-electron chi connectivity index (χ1n) is 9.43. The Labute approximate surface area is 156 Å². The van der Waals surface area contributed by atoms with Gasteiger partial charge < -0.3 is 9.47 Å². The number of hydrogen-bond acceptors (Lipinski definition) is 4. The smallest absolute Gasteiger partial charge is 0.162 e. The fourth-order valence-electron chi connectivity index (χ4n) is 3.45. The Kier molecular flexibility index (Phi) is 7.38. The third kappa shape index (κ3) is 5.87. The van der Waals surface area contributed by atoms with E-state index in [1.54, 1.807) is 7.11 Å². The lowest BCUT2D eigenvalue weighted by Gasteiger charge is -2.26. The second kappa shape index (κ2) is 9.99. The SMILES string of the molecule is COc1ccc(CN2CCCCC2)cc1OCC#CC1CCSCC1. The fraction of sp³-hybridized carbons (Fsp3) is 0.619. The zero-order chi connectivity index (χ0) is 17.3. The van der Waals surface area contributed by atoms with Gasteiger partial charge >= 0.3 is 0 Å². The van der Waals surface area contributed by atoms with Gasteiger partial charge in [-0.25, -0.2) is 0 Å². The molecule has 0 aromatic heterocycles. The van der Waals surface area contributed by atoms with E-state index in [1.807, 2.05) is 17.8 Å². The molecule has 0 bridgehead atoms. The first kappa shape index (κ1) is 18.5. The second-order valence-corrected chi connectivity index (χ2v) is 8.04. The molecule has 2 heterocycles. The highest BCUT2D eigenvalue weighted by Gasteiger charge is 2.13. The maximum Gasteiger partial charge on any atom is 0.162 e. The first-order chi connectivity index (χ1) is 12.3. The van der Waals surface area contributed by atoms with Crippen molar-refractivity contribution in [3.8, 4) is 23.3 Å². The van der Waals surface area contributed by atoms with Crippen LogP contribution in [0.25, 0.3) is 0 Å². The molecule has 25 heavy (non-hydrogen) atoms. The molecule has 3 nitrogen and oxygen atoms in total. The average Bonchev–Trinajstić information content (AvgIpc) is 2.67. The Morgan fingerprint density at radius 2 is 1.92 bits per heavy atom. The fourth-order valence-corrected chi connectivity index (χ4v) is 4.56. The lowest BCUT2D eigenvalue weighted by Crippen LogP contribution is -2.29. The summed E-state index contributed by atoms with van der Waals surface area (Å²) >= 11 is 2.04. The van der Waals surface area contributed by atoms with Crippen molar-refractivity contribution >= 4 is 11.8 Å². The lowest BCUT2D eigenvalue weighted by atomic mass is 10.0. The molecule has 1 aromatic carbocycles. The topological polar surface area (TPSA) is 21.7 Å². The minimum Gasteiger partial charge on any atom is -0.493 e. The number of thioether (sulfide) groups is 1. The van der Waals surface area contributed by atoms with Crippen LogP contribution >= 0.6 is 11.8 Å². The predicted molar refractivity (Wildman–Crippen MR) is 105 cm³/mol. The van der Waals surface area contributed by atoms with Gasteiger partial charge in [0.2, 0.25) is 0 Å². The van der Waals surface area contributed by atoms with E-state index in [9.17, 15) is 0 Å². The van der Waals surface area contributed by atoms with Crippen LogP contribution in [0.2, 0.25) is 0 Å². The summed E-state index contributed by atoms with van der Waals surface area (Å²) in [5.74, 6) is 11.2. The molecule has 3 rings (SSSR count). The number of benzene rings is 1. The number of ether oxygens (including phenoxy) is 2. The van der Waals surface area contributed by atoms with Crippen molar-refractivity contribution in [3.63, 3.8) is 0 Å². The van der Waals surface area contributed by atoms with Crippen molar-refractivity contribution in [3.05, 3.63) is 23.8 Å². The quantitative estimate of drug-likeness (QED) is 0.734. The van der Waals surface area contributed by atoms with Gasteiger partial charge in [0.1, 0.15) is 6.61 Å². The molecule has 2 fully saturated rings. The summed E-state index contributed by atoms with van der Waals surface area (Å²) in [5, 5.41) is 0.